The lowest BCUT2D eigenvalue weighted by Crippen LogP contribution is -2.05. The van der Waals surface area contributed by atoms with Crippen molar-refractivity contribution in [3.05, 3.63) is 27.7 Å². The van der Waals surface area contributed by atoms with Gasteiger partial charge in [0.15, 0.2) is 5.13 Å². The van der Waals surface area contributed by atoms with Crippen molar-refractivity contribution in [2.45, 2.75) is 26.3 Å². The van der Waals surface area contributed by atoms with E-state index in [1.54, 1.807) is 22.7 Å². The molecule has 2 aromatic rings. The number of nitrogens with one attached hydrogen (secondary N) is 1. The van der Waals surface area contributed by atoms with Gasteiger partial charge >= 0.3 is 0 Å². The van der Waals surface area contributed by atoms with Crippen LogP contribution in [0.15, 0.2) is 17.0 Å². The lowest BCUT2D eigenvalue weighted by atomic mass is 10.4. The van der Waals surface area contributed by atoms with E-state index in [1.807, 2.05) is 11.6 Å². The van der Waals surface area contributed by atoms with E-state index in [1.165, 1.54) is 0 Å². The molecule has 2 aromatic heterocycles. The lowest BCUT2D eigenvalue weighted by Gasteiger charge is -2.08. The topological polar surface area (TPSA) is 37.8 Å². The molecule has 0 aliphatic carbocycles. The van der Waals surface area contributed by atoms with Crippen molar-refractivity contribution < 1.29 is 0 Å². The highest BCUT2D eigenvalue weighted by molar-refractivity contribution is 7.13. The number of nitrogens with zero attached hydrogens (tertiary/aromatic N) is 2. The van der Waals surface area contributed by atoms with Gasteiger partial charge in [0.1, 0.15) is 5.01 Å². The van der Waals surface area contributed by atoms with Crippen molar-refractivity contribution in [1.29, 1.82) is 0 Å². The fourth-order valence-electron chi connectivity index (χ4n) is 1.23. The second-order valence-electron chi connectivity index (χ2n) is 3.23. The maximum atomic E-state index is 4.46. The highest BCUT2D eigenvalue weighted by Crippen LogP contribution is 2.23. The average molecular weight is 239 g/mol. The third-order valence-corrected chi connectivity index (χ3v) is 3.86. The second kappa shape index (κ2) is 4.72. The van der Waals surface area contributed by atoms with Gasteiger partial charge in [-0.1, -0.05) is 6.92 Å². The van der Waals surface area contributed by atoms with Crippen molar-refractivity contribution in [1.82, 2.24) is 9.97 Å². The molecule has 0 radical (unpaired) electrons. The first-order valence-electron chi connectivity index (χ1n) is 4.90. The summed E-state index contributed by atoms with van der Waals surface area (Å²) in [5.41, 5.74) is 1.15. The van der Waals surface area contributed by atoms with Crippen molar-refractivity contribution >= 4 is 27.8 Å². The number of hydrogen-bond donors (Lipinski definition) is 1. The van der Waals surface area contributed by atoms with Gasteiger partial charge in [-0.25, -0.2) is 9.97 Å². The number of aromatic nitrogens is 2. The number of thiazole rings is 2. The van der Waals surface area contributed by atoms with Crippen LogP contribution in [0.2, 0.25) is 0 Å². The number of aryl methyl sites for hydroxylation is 1. The summed E-state index contributed by atoms with van der Waals surface area (Å²) in [7, 11) is 0. The molecule has 15 heavy (non-hydrogen) atoms. The Bertz CT molecular complexity index is 408. The minimum Gasteiger partial charge on any atom is -0.353 e. The van der Waals surface area contributed by atoms with Gasteiger partial charge in [0.25, 0.3) is 0 Å². The monoisotopic (exact) mass is 239 g/mol. The molecule has 0 fully saturated rings. The third-order valence-electron chi connectivity index (χ3n) is 2.08. The Labute approximate surface area is 97.2 Å². The summed E-state index contributed by atoms with van der Waals surface area (Å²) in [5, 5.41) is 9.52. The Kier molecular flexibility index (Phi) is 3.33. The number of hydrogen-bond acceptors (Lipinski definition) is 5. The van der Waals surface area contributed by atoms with Gasteiger partial charge in [0.2, 0.25) is 0 Å². The SMILES string of the molecule is CCc1csc(NC(C)c2nccs2)n1. The molecule has 0 saturated carbocycles. The van der Waals surface area contributed by atoms with Gasteiger partial charge in [-0.15, -0.1) is 22.7 Å². The summed E-state index contributed by atoms with van der Waals surface area (Å²) in [4.78, 5) is 8.74. The second-order valence-corrected chi connectivity index (χ2v) is 5.02. The fourth-order valence-corrected chi connectivity index (χ4v) is 2.76. The summed E-state index contributed by atoms with van der Waals surface area (Å²) >= 11 is 3.32. The van der Waals surface area contributed by atoms with E-state index in [-0.39, 0.29) is 6.04 Å². The van der Waals surface area contributed by atoms with Crippen LogP contribution in [-0.2, 0) is 6.42 Å². The van der Waals surface area contributed by atoms with Crippen LogP contribution in [0.25, 0.3) is 0 Å². The zero-order valence-corrected chi connectivity index (χ0v) is 10.4. The Balaban J connectivity index is 2.02. The number of rotatable bonds is 4. The van der Waals surface area contributed by atoms with Crippen molar-refractivity contribution in [2.75, 3.05) is 5.32 Å². The maximum Gasteiger partial charge on any atom is 0.183 e. The van der Waals surface area contributed by atoms with Crippen molar-refractivity contribution in [3.63, 3.8) is 0 Å². The van der Waals surface area contributed by atoms with Gasteiger partial charge in [0.05, 0.1) is 11.7 Å². The van der Waals surface area contributed by atoms with Crippen LogP contribution in [-0.4, -0.2) is 9.97 Å². The molecule has 3 nitrogen and oxygen atoms in total. The molecule has 1 N–H and O–H groups in total. The normalized spacial score (nSPS) is 12.7. The quantitative estimate of drug-likeness (QED) is 0.889. The molecule has 80 valence electrons. The third kappa shape index (κ3) is 2.54. The van der Waals surface area contributed by atoms with E-state index in [2.05, 4.69) is 34.5 Å². The Morgan fingerprint density at radius 1 is 1.47 bits per heavy atom. The predicted molar refractivity (Wildman–Crippen MR) is 65.6 cm³/mol. The van der Waals surface area contributed by atoms with E-state index < -0.39 is 0 Å². The van der Waals surface area contributed by atoms with Gasteiger partial charge in [-0.3, -0.25) is 0 Å². The predicted octanol–water partition coefficient (Wildman–Crippen LogP) is 3.34. The van der Waals surface area contributed by atoms with E-state index in [0.717, 1.165) is 22.3 Å². The van der Waals surface area contributed by atoms with Crippen LogP contribution in [0.3, 0.4) is 0 Å². The first-order valence-corrected chi connectivity index (χ1v) is 6.66. The largest absolute Gasteiger partial charge is 0.353 e. The van der Waals surface area contributed by atoms with Gasteiger partial charge in [-0.05, 0) is 13.3 Å². The highest BCUT2D eigenvalue weighted by atomic mass is 32.1. The van der Waals surface area contributed by atoms with Gasteiger partial charge in [0, 0.05) is 17.0 Å². The lowest BCUT2D eigenvalue weighted by molar-refractivity contribution is 0.864. The molecular weight excluding hydrogens is 226 g/mol. The standard InChI is InChI=1S/C10H13N3S2/c1-3-8-6-15-10(13-8)12-7(2)9-11-4-5-14-9/h4-7H,3H2,1-2H3,(H,12,13). The molecule has 0 aromatic carbocycles. The Hall–Kier alpha value is -0.940. The average Bonchev–Trinajstić information content (AvgIpc) is 2.87. The minimum atomic E-state index is 0.237. The summed E-state index contributed by atoms with van der Waals surface area (Å²) in [6.45, 7) is 4.22. The maximum absolute atomic E-state index is 4.46. The molecule has 0 spiro atoms. The molecule has 1 unspecified atom stereocenters. The van der Waals surface area contributed by atoms with E-state index >= 15 is 0 Å². The molecule has 0 amide bonds. The Morgan fingerprint density at radius 3 is 2.93 bits per heavy atom. The summed E-state index contributed by atoms with van der Waals surface area (Å²) < 4.78 is 0. The molecule has 5 heteroatoms. The summed E-state index contributed by atoms with van der Waals surface area (Å²) in [5.74, 6) is 0. The van der Waals surface area contributed by atoms with Crippen LogP contribution in [0.4, 0.5) is 5.13 Å². The van der Waals surface area contributed by atoms with Gasteiger partial charge in [-0.2, -0.15) is 0 Å². The molecular formula is C10H13N3S2. The Morgan fingerprint density at radius 2 is 2.33 bits per heavy atom. The van der Waals surface area contributed by atoms with Crippen LogP contribution in [0.1, 0.15) is 30.6 Å². The van der Waals surface area contributed by atoms with Crippen LogP contribution < -0.4 is 5.32 Å². The van der Waals surface area contributed by atoms with Gasteiger partial charge < -0.3 is 5.32 Å². The molecule has 0 saturated heterocycles. The minimum absolute atomic E-state index is 0.237. The van der Waals surface area contributed by atoms with E-state index in [9.17, 15) is 0 Å². The van der Waals surface area contributed by atoms with Crippen LogP contribution in [0.5, 0.6) is 0 Å². The van der Waals surface area contributed by atoms with Crippen LogP contribution >= 0.6 is 22.7 Å². The fraction of sp³-hybridized carbons (Fsp3) is 0.400. The molecule has 2 heterocycles. The molecule has 2 rings (SSSR count). The molecule has 0 bridgehead atoms. The van der Waals surface area contributed by atoms with Crippen molar-refractivity contribution in [2.24, 2.45) is 0 Å². The van der Waals surface area contributed by atoms with Crippen LogP contribution in [0, 0.1) is 0 Å². The molecule has 0 aliphatic heterocycles. The first kappa shape index (κ1) is 10.6. The summed E-state index contributed by atoms with van der Waals surface area (Å²) in [6, 6.07) is 0.237. The molecule has 0 aliphatic rings. The van der Waals surface area contributed by atoms with E-state index in [0.29, 0.717) is 0 Å². The number of anilines is 1. The molecule has 1 atom stereocenters. The smallest absolute Gasteiger partial charge is 0.183 e. The summed E-state index contributed by atoms with van der Waals surface area (Å²) in [6.07, 6.45) is 2.82. The highest BCUT2D eigenvalue weighted by Gasteiger charge is 2.09. The zero-order chi connectivity index (χ0) is 10.7. The first-order chi connectivity index (χ1) is 7.29. The van der Waals surface area contributed by atoms with Crippen molar-refractivity contribution in [3.8, 4) is 0 Å². The van der Waals surface area contributed by atoms with E-state index in [4.69, 9.17) is 0 Å². The zero-order valence-electron chi connectivity index (χ0n) is 8.73.